The summed E-state index contributed by atoms with van der Waals surface area (Å²) in [6.07, 6.45) is 2.66. The van der Waals surface area contributed by atoms with Crippen molar-refractivity contribution < 1.29 is 14.3 Å². The number of halogens is 1. The van der Waals surface area contributed by atoms with Crippen molar-refractivity contribution in [2.45, 2.75) is 25.7 Å². The molecule has 0 aliphatic rings. The third kappa shape index (κ3) is 5.16. The third-order valence-electron chi connectivity index (χ3n) is 4.49. The fraction of sp³-hybridized carbons (Fsp3) is 0.333. The first-order valence-electron chi connectivity index (χ1n) is 9.21. The first kappa shape index (κ1) is 20.0. The maximum absolute atomic E-state index is 12.1. The summed E-state index contributed by atoms with van der Waals surface area (Å²) in [5, 5.41) is 3.62. The van der Waals surface area contributed by atoms with Gasteiger partial charge in [-0.05, 0) is 48.7 Å². The molecular weight excluding hydrogens is 378 g/mol. The van der Waals surface area contributed by atoms with Crippen LogP contribution < -0.4 is 14.8 Å². The van der Waals surface area contributed by atoms with Gasteiger partial charge in [0.15, 0.2) is 11.5 Å². The number of aryl methyl sites for hydroxylation is 2. The van der Waals surface area contributed by atoms with Crippen LogP contribution in [0.5, 0.6) is 11.5 Å². The molecule has 0 radical (unpaired) electrons. The van der Waals surface area contributed by atoms with Crippen molar-refractivity contribution in [1.29, 1.82) is 0 Å². The van der Waals surface area contributed by atoms with Gasteiger partial charge >= 0.3 is 0 Å². The van der Waals surface area contributed by atoms with Gasteiger partial charge in [-0.2, -0.15) is 0 Å². The van der Waals surface area contributed by atoms with Gasteiger partial charge in [0.1, 0.15) is 5.82 Å². The number of fused-ring (bicyclic) bond motifs is 1. The van der Waals surface area contributed by atoms with Gasteiger partial charge in [-0.25, -0.2) is 4.98 Å². The molecule has 2 aromatic carbocycles. The molecule has 0 aliphatic heterocycles. The highest BCUT2D eigenvalue weighted by molar-refractivity contribution is 6.31. The zero-order valence-electron chi connectivity index (χ0n) is 16.0. The molecule has 0 unspecified atom stereocenters. The maximum atomic E-state index is 12.1. The highest BCUT2D eigenvalue weighted by Crippen LogP contribution is 2.27. The van der Waals surface area contributed by atoms with E-state index in [0.29, 0.717) is 30.2 Å². The van der Waals surface area contributed by atoms with Gasteiger partial charge in [-0.3, -0.25) is 4.79 Å². The molecule has 0 aliphatic carbocycles. The smallest absolute Gasteiger partial charge is 0.220 e. The molecule has 3 rings (SSSR count). The largest absolute Gasteiger partial charge is 0.493 e. The van der Waals surface area contributed by atoms with Gasteiger partial charge in [-0.1, -0.05) is 17.7 Å². The fourth-order valence-electron chi connectivity index (χ4n) is 3.03. The average molecular weight is 402 g/mol. The summed E-state index contributed by atoms with van der Waals surface area (Å²) >= 11 is 5.98. The summed E-state index contributed by atoms with van der Waals surface area (Å²) in [6, 6.07) is 11.4. The Morgan fingerprint density at radius 3 is 2.71 bits per heavy atom. The summed E-state index contributed by atoms with van der Waals surface area (Å²) in [7, 11) is 3.24. The topological polar surface area (TPSA) is 76.2 Å². The molecule has 0 saturated carbocycles. The Labute approximate surface area is 169 Å². The van der Waals surface area contributed by atoms with E-state index in [9.17, 15) is 4.79 Å². The van der Waals surface area contributed by atoms with E-state index in [2.05, 4.69) is 15.3 Å². The Balaban J connectivity index is 1.40. The molecule has 1 amide bonds. The highest BCUT2D eigenvalue weighted by atomic mass is 35.5. The zero-order chi connectivity index (χ0) is 19.9. The molecule has 0 fully saturated rings. The van der Waals surface area contributed by atoms with Gasteiger partial charge in [0.05, 0.1) is 25.3 Å². The van der Waals surface area contributed by atoms with Gasteiger partial charge < -0.3 is 19.8 Å². The summed E-state index contributed by atoms with van der Waals surface area (Å²) < 4.78 is 10.6. The molecule has 2 N–H and O–H groups in total. The van der Waals surface area contributed by atoms with Crippen molar-refractivity contribution in [3.8, 4) is 11.5 Å². The molecular formula is C21H24ClN3O3. The number of benzene rings is 2. The van der Waals surface area contributed by atoms with Crippen LogP contribution in [0.25, 0.3) is 11.0 Å². The number of rotatable bonds is 9. The van der Waals surface area contributed by atoms with Crippen molar-refractivity contribution in [2.75, 3.05) is 20.8 Å². The SMILES string of the molecule is COc1ccc(CCCNC(=O)CCc2nc3ccc(Cl)cc3[nH]2)cc1OC. The van der Waals surface area contributed by atoms with E-state index in [1.807, 2.05) is 30.3 Å². The van der Waals surface area contributed by atoms with Crippen molar-refractivity contribution in [1.82, 2.24) is 15.3 Å². The predicted molar refractivity (Wildman–Crippen MR) is 110 cm³/mol. The average Bonchev–Trinajstić information content (AvgIpc) is 3.11. The van der Waals surface area contributed by atoms with Crippen molar-refractivity contribution >= 4 is 28.5 Å². The van der Waals surface area contributed by atoms with Gasteiger partial charge in [0.2, 0.25) is 5.91 Å². The monoisotopic (exact) mass is 401 g/mol. The Morgan fingerprint density at radius 2 is 1.93 bits per heavy atom. The van der Waals surface area contributed by atoms with E-state index in [4.69, 9.17) is 21.1 Å². The Bertz CT molecular complexity index is 955. The van der Waals surface area contributed by atoms with Crippen LogP contribution in [0.15, 0.2) is 36.4 Å². The van der Waals surface area contributed by atoms with Crippen LogP contribution in [0.4, 0.5) is 0 Å². The van der Waals surface area contributed by atoms with Crippen LogP contribution in [0.3, 0.4) is 0 Å². The number of nitrogens with one attached hydrogen (secondary N) is 2. The lowest BCUT2D eigenvalue weighted by Crippen LogP contribution is -2.25. The number of methoxy groups -OCH3 is 2. The minimum Gasteiger partial charge on any atom is -0.493 e. The van der Waals surface area contributed by atoms with Crippen LogP contribution in [-0.2, 0) is 17.6 Å². The number of aromatic amines is 1. The number of hydrogen-bond acceptors (Lipinski definition) is 4. The number of carbonyl (C=O) groups is 1. The standard InChI is InChI=1S/C21H24ClN3O3/c1-27-18-8-5-14(12-19(18)28-2)4-3-11-23-21(26)10-9-20-24-16-7-6-15(22)13-17(16)25-20/h5-8,12-13H,3-4,9-11H2,1-2H3,(H,23,26)(H,24,25). The van der Waals surface area contributed by atoms with E-state index < -0.39 is 0 Å². The summed E-state index contributed by atoms with van der Waals surface area (Å²) in [5.41, 5.74) is 2.89. The number of amides is 1. The molecule has 1 aromatic heterocycles. The minimum atomic E-state index is 0.0193. The molecule has 0 spiro atoms. The molecule has 28 heavy (non-hydrogen) atoms. The summed E-state index contributed by atoms with van der Waals surface area (Å²) in [6.45, 7) is 0.628. The number of H-pyrrole nitrogens is 1. The number of hydrogen-bond donors (Lipinski definition) is 2. The fourth-order valence-corrected chi connectivity index (χ4v) is 3.20. The summed E-state index contributed by atoms with van der Waals surface area (Å²) in [4.78, 5) is 19.7. The van der Waals surface area contributed by atoms with Crippen molar-refractivity contribution in [3.05, 3.63) is 52.8 Å². The molecule has 0 atom stereocenters. The van der Waals surface area contributed by atoms with E-state index in [1.165, 1.54) is 0 Å². The maximum Gasteiger partial charge on any atom is 0.220 e. The van der Waals surface area contributed by atoms with Gasteiger partial charge in [0, 0.05) is 24.4 Å². The molecule has 3 aromatic rings. The number of aromatic nitrogens is 2. The van der Waals surface area contributed by atoms with Crippen LogP contribution in [0.1, 0.15) is 24.2 Å². The Morgan fingerprint density at radius 1 is 1.11 bits per heavy atom. The number of carbonyl (C=O) groups excluding carboxylic acids is 1. The van der Waals surface area contributed by atoms with E-state index in [1.54, 1.807) is 20.3 Å². The lowest BCUT2D eigenvalue weighted by Gasteiger charge is -2.10. The number of ether oxygens (including phenoxy) is 2. The Hall–Kier alpha value is -2.73. The number of nitrogens with zero attached hydrogens (tertiary/aromatic N) is 1. The number of imidazole rings is 1. The highest BCUT2D eigenvalue weighted by Gasteiger charge is 2.08. The predicted octanol–water partition coefficient (Wildman–Crippen LogP) is 3.92. The van der Waals surface area contributed by atoms with E-state index >= 15 is 0 Å². The molecule has 6 nitrogen and oxygen atoms in total. The molecule has 0 bridgehead atoms. The van der Waals surface area contributed by atoms with Gasteiger partial charge in [-0.15, -0.1) is 0 Å². The van der Waals surface area contributed by atoms with Crippen molar-refractivity contribution in [2.24, 2.45) is 0 Å². The van der Waals surface area contributed by atoms with E-state index in [0.717, 1.165) is 41.0 Å². The first-order chi connectivity index (χ1) is 13.6. The molecule has 1 heterocycles. The second-order valence-corrected chi connectivity index (χ2v) is 6.92. The molecule has 7 heteroatoms. The zero-order valence-corrected chi connectivity index (χ0v) is 16.8. The Kier molecular flexibility index (Phi) is 6.76. The van der Waals surface area contributed by atoms with Gasteiger partial charge in [0.25, 0.3) is 0 Å². The second-order valence-electron chi connectivity index (χ2n) is 6.49. The molecule has 0 saturated heterocycles. The lowest BCUT2D eigenvalue weighted by molar-refractivity contribution is -0.121. The van der Waals surface area contributed by atoms with Crippen LogP contribution in [0.2, 0.25) is 5.02 Å². The summed E-state index contributed by atoms with van der Waals surface area (Å²) in [5.74, 6) is 2.24. The minimum absolute atomic E-state index is 0.0193. The molecule has 148 valence electrons. The first-order valence-corrected chi connectivity index (χ1v) is 9.58. The van der Waals surface area contributed by atoms with Crippen LogP contribution >= 0.6 is 11.6 Å². The van der Waals surface area contributed by atoms with Crippen LogP contribution in [0, 0.1) is 0 Å². The van der Waals surface area contributed by atoms with E-state index in [-0.39, 0.29) is 5.91 Å². The van der Waals surface area contributed by atoms with Crippen molar-refractivity contribution in [3.63, 3.8) is 0 Å². The third-order valence-corrected chi connectivity index (χ3v) is 4.73. The quantitative estimate of drug-likeness (QED) is 0.533. The normalized spacial score (nSPS) is 10.8. The lowest BCUT2D eigenvalue weighted by atomic mass is 10.1. The van der Waals surface area contributed by atoms with Crippen LogP contribution in [-0.4, -0.2) is 36.6 Å². The second kappa shape index (κ2) is 9.46.